The summed E-state index contributed by atoms with van der Waals surface area (Å²) < 4.78 is 6.83. The van der Waals surface area contributed by atoms with Gasteiger partial charge in [0.1, 0.15) is 5.76 Å². The smallest absolute Gasteiger partial charge is 0.213 e. The van der Waals surface area contributed by atoms with E-state index in [1.807, 2.05) is 12.1 Å². The van der Waals surface area contributed by atoms with Gasteiger partial charge in [0.15, 0.2) is 5.96 Å². The molecule has 5 nitrogen and oxygen atoms in total. The predicted molar refractivity (Wildman–Crippen MR) is 112 cm³/mol. The Labute approximate surface area is 168 Å². The second-order valence-electron chi connectivity index (χ2n) is 6.27. The zero-order valence-corrected chi connectivity index (χ0v) is 18.3. The minimum absolute atomic E-state index is 0. The number of oxazole rings is 1. The fourth-order valence-corrected chi connectivity index (χ4v) is 2.17. The molecule has 0 unspecified atom stereocenters. The van der Waals surface area contributed by atoms with Crippen LogP contribution in [-0.2, 0) is 18.5 Å². The summed E-state index contributed by atoms with van der Waals surface area (Å²) >= 11 is 3.43. The van der Waals surface area contributed by atoms with Gasteiger partial charge in [-0.3, -0.25) is 4.99 Å². The summed E-state index contributed by atoms with van der Waals surface area (Å²) in [5.74, 6) is 2.25. The predicted octanol–water partition coefficient (Wildman–Crippen LogP) is 4.22. The van der Waals surface area contributed by atoms with Crippen LogP contribution < -0.4 is 10.6 Å². The van der Waals surface area contributed by atoms with Crippen LogP contribution in [0.1, 0.15) is 38.0 Å². The van der Waals surface area contributed by atoms with E-state index in [1.165, 1.54) is 5.56 Å². The lowest BCUT2D eigenvalue weighted by molar-refractivity contribution is 0.379. The zero-order valence-electron chi connectivity index (χ0n) is 14.4. The van der Waals surface area contributed by atoms with Crippen molar-refractivity contribution in [2.45, 2.75) is 39.3 Å². The molecule has 1 aromatic heterocycles. The Morgan fingerprint density at radius 3 is 2.33 bits per heavy atom. The summed E-state index contributed by atoms with van der Waals surface area (Å²) in [6, 6.07) is 8.17. The quantitative estimate of drug-likeness (QED) is 0.370. The van der Waals surface area contributed by atoms with Gasteiger partial charge in [-0.05, 0) is 17.7 Å². The monoisotopic (exact) mass is 506 g/mol. The number of aromatic nitrogens is 1. The van der Waals surface area contributed by atoms with Gasteiger partial charge in [-0.25, -0.2) is 4.98 Å². The number of rotatable bonds is 4. The van der Waals surface area contributed by atoms with Crippen molar-refractivity contribution in [3.8, 4) is 0 Å². The third kappa shape index (κ3) is 6.43. The van der Waals surface area contributed by atoms with Gasteiger partial charge in [0.05, 0.1) is 12.7 Å². The van der Waals surface area contributed by atoms with E-state index in [-0.39, 0.29) is 29.4 Å². The van der Waals surface area contributed by atoms with Gasteiger partial charge >= 0.3 is 0 Å². The van der Waals surface area contributed by atoms with Crippen LogP contribution in [0.15, 0.2) is 44.3 Å². The first-order chi connectivity index (χ1) is 10.9. The number of hydrogen-bond donors (Lipinski definition) is 2. The molecule has 0 amide bonds. The molecule has 1 aromatic carbocycles. The highest BCUT2D eigenvalue weighted by Crippen LogP contribution is 2.22. The first kappa shape index (κ1) is 21.0. The number of halogens is 2. The number of nitrogens with zero attached hydrogens (tertiary/aromatic N) is 2. The van der Waals surface area contributed by atoms with E-state index in [9.17, 15) is 0 Å². The first-order valence-electron chi connectivity index (χ1n) is 7.52. The highest BCUT2D eigenvalue weighted by molar-refractivity contribution is 14.0. The van der Waals surface area contributed by atoms with Crippen molar-refractivity contribution in [1.82, 2.24) is 15.6 Å². The van der Waals surface area contributed by atoms with Crippen LogP contribution in [-0.4, -0.2) is 18.0 Å². The molecule has 0 radical (unpaired) electrons. The summed E-state index contributed by atoms with van der Waals surface area (Å²) in [7, 11) is 1.74. The molecule has 0 fully saturated rings. The van der Waals surface area contributed by atoms with E-state index in [0.717, 1.165) is 10.2 Å². The fraction of sp³-hybridized carbons (Fsp3) is 0.412. The van der Waals surface area contributed by atoms with Crippen LogP contribution in [0.5, 0.6) is 0 Å². The fourth-order valence-electron chi connectivity index (χ4n) is 1.91. The number of nitrogens with one attached hydrogen (secondary N) is 2. The van der Waals surface area contributed by atoms with E-state index in [0.29, 0.717) is 24.9 Å². The number of hydrogen-bond acceptors (Lipinski definition) is 3. The molecule has 0 bridgehead atoms. The van der Waals surface area contributed by atoms with Gasteiger partial charge < -0.3 is 15.1 Å². The van der Waals surface area contributed by atoms with E-state index >= 15 is 0 Å². The van der Waals surface area contributed by atoms with Crippen molar-refractivity contribution in [2.24, 2.45) is 4.99 Å². The average Bonchev–Trinajstić information content (AvgIpc) is 2.98. The van der Waals surface area contributed by atoms with Crippen molar-refractivity contribution in [1.29, 1.82) is 0 Å². The van der Waals surface area contributed by atoms with Crippen LogP contribution >= 0.6 is 39.9 Å². The molecule has 0 aliphatic heterocycles. The number of guanidine groups is 1. The molecule has 0 spiro atoms. The van der Waals surface area contributed by atoms with Crippen LogP contribution in [0, 0.1) is 0 Å². The summed E-state index contributed by atoms with van der Waals surface area (Å²) in [5.41, 5.74) is 1.15. The van der Waals surface area contributed by atoms with E-state index in [1.54, 1.807) is 13.2 Å². The van der Waals surface area contributed by atoms with Crippen LogP contribution in [0.4, 0.5) is 0 Å². The molecule has 2 N–H and O–H groups in total. The van der Waals surface area contributed by atoms with Crippen molar-refractivity contribution < 1.29 is 4.42 Å². The maximum Gasteiger partial charge on any atom is 0.213 e. The van der Waals surface area contributed by atoms with Gasteiger partial charge in [0, 0.05) is 23.5 Å². The summed E-state index contributed by atoms with van der Waals surface area (Å²) in [5, 5.41) is 6.47. The van der Waals surface area contributed by atoms with Crippen molar-refractivity contribution in [3.05, 3.63) is 52.1 Å². The highest BCUT2D eigenvalue weighted by Gasteiger charge is 2.19. The Balaban J connectivity index is 0.00000288. The van der Waals surface area contributed by atoms with Crippen LogP contribution in [0.3, 0.4) is 0 Å². The van der Waals surface area contributed by atoms with E-state index in [2.05, 4.69) is 69.4 Å². The first-order valence-corrected chi connectivity index (χ1v) is 8.32. The molecule has 132 valence electrons. The Kier molecular flexibility index (Phi) is 8.21. The molecular weight excluding hydrogens is 483 g/mol. The molecule has 7 heteroatoms. The molecule has 0 aliphatic rings. The molecule has 0 atom stereocenters. The molecular formula is C17H24BrIN4O. The maximum atomic E-state index is 5.76. The molecule has 2 aromatic rings. The van der Waals surface area contributed by atoms with E-state index < -0.39 is 0 Å². The molecule has 2 rings (SSSR count). The lowest BCUT2D eigenvalue weighted by Crippen LogP contribution is -2.36. The van der Waals surface area contributed by atoms with Gasteiger partial charge in [0.2, 0.25) is 5.89 Å². The van der Waals surface area contributed by atoms with Crippen molar-refractivity contribution >= 4 is 45.9 Å². The number of aliphatic imine (C=N–C) groups is 1. The lowest BCUT2D eigenvalue weighted by Gasteiger charge is -2.13. The van der Waals surface area contributed by atoms with Gasteiger partial charge in [-0.2, -0.15) is 0 Å². The van der Waals surface area contributed by atoms with Gasteiger partial charge in [-0.1, -0.05) is 48.8 Å². The summed E-state index contributed by atoms with van der Waals surface area (Å²) in [4.78, 5) is 8.51. The second-order valence-corrected chi connectivity index (χ2v) is 7.19. The largest absolute Gasteiger partial charge is 0.443 e. The third-order valence-electron chi connectivity index (χ3n) is 3.30. The van der Waals surface area contributed by atoms with Crippen LogP contribution in [0.25, 0.3) is 0 Å². The van der Waals surface area contributed by atoms with Crippen LogP contribution in [0.2, 0.25) is 0 Å². The molecule has 1 heterocycles. The lowest BCUT2D eigenvalue weighted by atomic mass is 9.94. The Morgan fingerprint density at radius 1 is 1.17 bits per heavy atom. The Hall–Kier alpha value is -1.09. The average molecular weight is 507 g/mol. The number of benzene rings is 1. The highest BCUT2D eigenvalue weighted by atomic mass is 127. The SMILES string of the molecule is CN=C(NCc1ccc(Br)cc1)NCc1ncc(C(C)(C)C)o1.I. The van der Waals surface area contributed by atoms with Crippen molar-refractivity contribution in [2.75, 3.05) is 7.05 Å². The zero-order chi connectivity index (χ0) is 16.9. The normalized spacial score (nSPS) is 11.8. The second kappa shape index (κ2) is 9.41. The Morgan fingerprint density at radius 2 is 1.79 bits per heavy atom. The van der Waals surface area contributed by atoms with Gasteiger partial charge in [0.25, 0.3) is 0 Å². The summed E-state index contributed by atoms with van der Waals surface area (Å²) in [6.07, 6.45) is 1.79. The summed E-state index contributed by atoms with van der Waals surface area (Å²) in [6.45, 7) is 7.50. The van der Waals surface area contributed by atoms with Gasteiger partial charge in [-0.15, -0.1) is 24.0 Å². The maximum absolute atomic E-state index is 5.76. The topological polar surface area (TPSA) is 62.5 Å². The Bertz CT molecular complexity index is 662. The molecule has 0 saturated carbocycles. The minimum Gasteiger partial charge on any atom is -0.443 e. The molecule has 24 heavy (non-hydrogen) atoms. The minimum atomic E-state index is -0.0350. The standard InChI is InChI=1S/C17H23BrN4O.HI/c1-17(2,3)14-10-20-15(23-14)11-22-16(19-4)21-9-12-5-7-13(18)8-6-12;/h5-8,10H,9,11H2,1-4H3,(H2,19,21,22);1H. The third-order valence-corrected chi connectivity index (χ3v) is 3.83. The molecule has 0 aliphatic carbocycles. The molecule has 0 saturated heterocycles. The van der Waals surface area contributed by atoms with Crippen molar-refractivity contribution in [3.63, 3.8) is 0 Å². The van der Waals surface area contributed by atoms with E-state index in [4.69, 9.17) is 4.42 Å².